The van der Waals surface area contributed by atoms with Gasteiger partial charge >= 0.3 is 0 Å². The number of rotatable bonds is 8. The lowest BCUT2D eigenvalue weighted by atomic mass is 10.2. The van der Waals surface area contributed by atoms with Crippen LogP contribution in [0.5, 0.6) is 0 Å². The summed E-state index contributed by atoms with van der Waals surface area (Å²) in [6.45, 7) is 3.16. The molecular formula is C23H22ClN5O2S. The van der Waals surface area contributed by atoms with E-state index in [0.717, 1.165) is 27.0 Å². The molecule has 0 aliphatic rings. The van der Waals surface area contributed by atoms with Crippen LogP contribution in [0.4, 0.5) is 0 Å². The van der Waals surface area contributed by atoms with Gasteiger partial charge in [-0.05, 0) is 42.3 Å². The first-order valence-corrected chi connectivity index (χ1v) is 11.3. The van der Waals surface area contributed by atoms with Crippen molar-refractivity contribution < 1.29 is 9.59 Å². The van der Waals surface area contributed by atoms with Crippen LogP contribution >= 0.6 is 22.9 Å². The van der Waals surface area contributed by atoms with Crippen molar-refractivity contribution in [1.82, 2.24) is 25.4 Å². The van der Waals surface area contributed by atoms with Crippen molar-refractivity contribution in [3.63, 3.8) is 0 Å². The molecular weight excluding hydrogens is 446 g/mol. The third-order valence-electron chi connectivity index (χ3n) is 4.99. The average Bonchev–Trinajstić information content (AvgIpc) is 3.36. The molecule has 3 heterocycles. The Bertz CT molecular complexity index is 1250. The Balaban J connectivity index is 1.34. The van der Waals surface area contributed by atoms with Gasteiger partial charge in [-0.1, -0.05) is 29.8 Å². The van der Waals surface area contributed by atoms with Gasteiger partial charge in [0, 0.05) is 42.3 Å². The highest BCUT2D eigenvalue weighted by Gasteiger charge is 2.17. The normalized spacial score (nSPS) is 10.9. The van der Waals surface area contributed by atoms with E-state index in [-0.39, 0.29) is 24.8 Å². The zero-order valence-corrected chi connectivity index (χ0v) is 19.0. The van der Waals surface area contributed by atoms with E-state index < -0.39 is 0 Å². The molecule has 0 saturated heterocycles. The monoisotopic (exact) mass is 467 g/mol. The number of benzene rings is 1. The van der Waals surface area contributed by atoms with E-state index in [0.29, 0.717) is 23.0 Å². The van der Waals surface area contributed by atoms with E-state index in [2.05, 4.69) is 20.7 Å². The van der Waals surface area contributed by atoms with Gasteiger partial charge in [0.15, 0.2) is 0 Å². The van der Waals surface area contributed by atoms with Crippen LogP contribution in [-0.2, 0) is 17.9 Å². The molecule has 2 N–H and O–H groups in total. The predicted molar refractivity (Wildman–Crippen MR) is 126 cm³/mol. The Morgan fingerprint density at radius 2 is 1.91 bits per heavy atom. The lowest BCUT2D eigenvalue weighted by Gasteiger charge is -2.06. The van der Waals surface area contributed by atoms with E-state index in [1.165, 1.54) is 11.3 Å². The molecule has 9 heteroatoms. The van der Waals surface area contributed by atoms with Crippen molar-refractivity contribution in [2.75, 3.05) is 6.54 Å². The molecule has 0 aliphatic heterocycles. The van der Waals surface area contributed by atoms with E-state index in [1.807, 2.05) is 54.1 Å². The second kappa shape index (κ2) is 9.93. The lowest BCUT2D eigenvalue weighted by molar-refractivity contribution is -0.121. The molecule has 0 atom stereocenters. The van der Waals surface area contributed by atoms with Crippen molar-refractivity contribution in [1.29, 1.82) is 0 Å². The second-order valence-corrected chi connectivity index (χ2v) is 8.74. The smallest absolute Gasteiger partial charge is 0.261 e. The maximum Gasteiger partial charge on any atom is 0.261 e. The molecule has 4 aromatic rings. The summed E-state index contributed by atoms with van der Waals surface area (Å²) in [6.07, 6.45) is 3.57. The van der Waals surface area contributed by atoms with Gasteiger partial charge in [-0.15, -0.1) is 11.3 Å². The van der Waals surface area contributed by atoms with E-state index in [4.69, 9.17) is 11.6 Å². The first kappa shape index (κ1) is 22.0. The van der Waals surface area contributed by atoms with Gasteiger partial charge in [0.1, 0.15) is 4.83 Å². The molecule has 3 aromatic heterocycles. The van der Waals surface area contributed by atoms with Crippen molar-refractivity contribution >= 4 is 45.0 Å². The second-order valence-electron chi connectivity index (χ2n) is 7.30. The van der Waals surface area contributed by atoms with E-state index in [1.54, 1.807) is 12.4 Å². The Labute approximate surface area is 194 Å². The summed E-state index contributed by atoms with van der Waals surface area (Å²) in [7, 11) is 0. The zero-order chi connectivity index (χ0) is 22.5. The maximum absolute atomic E-state index is 12.6. The summed E-state index contributed by atoms with van der Waals surface area (Å²) in [5.74, 6) is -0.318. The van der Waals surface area contributed by atoms with Crippen LogP contribution in [0, 0.1) is 6.92 Å². The lowest BCUT2D eigenvalue weighted by Crippen LogP contribution is -2.30. The number of hydrogen-bond acceptors (Lipinski definition) is 5. The van der Waals surface area contributed by atoms with Crippen LogP contribution in [0.25, 0.3) is 10.2 Å². The number of carbonyl (C=O) groups excluding carboxylic acids is 2. The largest absolute Gasteiger partial charge is 0.352 e. The van der Waals surface area contributed by atoms with Crippen molar-refractivity contribution in [2.24, 2.45) is 0 Å². The molecule has 0 radical (unpaired) electrons. The number of nitrogens with zero attached hydrogens (tertiary/aromatic N) is 3. The summed E-state index contributed by atoms with van der Waals surface area (Å²) in [6, 6.07) is 13.2. The minimum atomic E-state index is -0.197. The van der Waals surface area contributed by atoms with Gasteiger partial charge in [-0.3, -0.25) is 19.3 Å². The molecule has 0 fully saturated rings. The van der Waals surface area contributed by atoms with Gasteiger partial charge in [0.25, 0.3) is 5.91 Å². The fourth-order valence-electron chi connectivity index (χ4n) is 3.29. The molecule has 32 heavy (non-hydrogen) atoms. The summed E-state index contributed by atoms with van der Waals surface area (Å²) in [4.78, 5) is 30.1. The van der Waals surface area contributed by atoms with Gasteiger partial charge in [0.2, 0.25) is 5.91 Å². The summed E-state index contributed by atoms with van der Waals surface area (Å²) in [5, 5.41) is 11.9. The van der Waals surface area contributed by atoms with Crippen LogP contribution in [-0.4, -0.2) is 33.1 Å². The fourth-order valence-corrected chi connectivity index (χ4v) is 4.56. The SMILES string of the molecule is Cc1nn(Cc2ccccc2Cl)c2sc(C(=O)NCCC(=O)NCc3ccncc3)cc12. The van der Waals surface area contributed by atoms with Crippen molar-refractivity contribution in [2.45, 2.75) is 26.4 Å². The van der Waals surface area contributed by atoms with Crippen LogP contribution in [0.2, 0.25) is 5.02 Å². The first-order chi connectivity index (χ1) is 15.5. The molecule has 164 valence electrons. The summed E-state index contributed by atoms with van der Waals surface area (Å²) < 4.78 is 1.87. The number of amides is 2. The third kappa shape index (κ3) is 5.15. The standard InChI is InChI=1S/C23H22ClN5O2S/c1-15-18-12-20(32-23(18)29(28-15)14-17-4-2-3-5-19(17)24)22(31)26-11-8-21(30)27-13-16-6-9-25-10-7-16/h2-7,9-10,12H,8,11,13-14H2,1H3,(H,26,31)(H,27,30). The Morgan fingerprint density at radius 1 is 1.12 bits per heavy atom. The van der Waals surface area contributed by atoms with Crippen LogP contribution in [0.15, 0.2) is 54.9 Å². The molecule has 0 saturated carbocycles. The molecule has 0 aliphatic carbocycles. The number of pyridine rings is 1. The zero-order valence-electron chi connectivity index (χ0n) is 17.5. The number of aromatic nitrogens is 3. The topological polar surface area (TPSA) is 88.9 Å². The molecule has 0 spiro atoms. The number of thiophene rings is 1. The molecule has 0 bridgehead atoms. The molecule has 0 unspecified atom stereocenters. The van der Waals surface area contributed by atoms with Gasteiger partial charge < -0.3 is 10.6 Å². The number of hydrogen-bond donors (Lipinski definition) is 2. The Kier molecular flexibility index (Phi) is 6.82. The highest BCUT2D eigenvalue weighted by Crippen LogP contribution is 2.29. The minimum Gasteiger partial charge on any atom is -0.352 e. The van der Waals surface area contributed by atoms with Crippen LogP contribution in [0.1, 0.15) is 32.9 Å². The minimum absolute atomic E-state index is 0.121. The number of fused-ring (bicyclic) bond motifs is 1. The predicted octanol–water partition coefficient (Wildman–Crippen LogP) is 3.94. The van der Waals surface area contributed by atoms with Crippen LogP contribution in [0.3, 0.4) is 0 Å². The molecule has 4 rings (SSSR count). The summed E-state index contributed by atoms with van der Waals surface area (Å²) in [5.41, 5.74) is 2.80. The van der Waals surface area contributed by atoms with Gasteiger partial charge in [-0.2, -0.15) is 5.10 Å². The fraction of sp³-hybridized carbons (Fsp3) is 0.217. The Hall–Kier alpha value is -3.23. The van der Waals surface area contributed by atoms with Gasteiger partial charge in [-0.25, -0.2) is 0 Å². The molecule has 1 aromatic carbocycles. The number of carbonyl (C=O) groups is 2. The first-order valence-electron chi connectivity index (χ1n) is 10.2. The number of nitrogens with one attached hydrogen (secondary N) is 2. The van der Waals surface area contributed by atoms with E-state index in [9.17, 15) is 9.59 Å². The number of halogens is 1. The highest BCUT2D eigenvalue weighted by atomic mass is 35.5. The number of aryl methyl sites for hydroxylation is 1. The van der Waals surface area contributed by atoms with E-state index >= 15 is 0 Å². The van der Waals surface area contributed by atoms with Crippen molar-refractivity contribution in [3.05, 3.63) is 81.6 Å². The van der Waals surface area contributed by atoms with Crippen molar-refractivity contribution in [3.8, 4) is 0 Å². The molecule has 7 nitrogen and oxygen atoms in total. The summed E-state index contributed by atoms with van der Waals surface area (Å²) >= 11 is 7.67. The Morgan fingerprint density at radius 3 is 2.69 bits per heavy atom. The average molecular weight is 468 g/mol. The third-order valence-corrected chi connectivity index (χ3v) is 6.50. The van der Waals surface area contributed by atoms with Gasteiger partial charge in [0.05, 0.1) is 17.1 Å². The quantitative estimate of drug-likeness (QED) is 0.411. The highest BCUT2D eigenvalue weighted by molar-refractivity contribution is 7.20. The van der Waals surface area contributed by atoms with Crippen LogP contribution < -0.4 is 10.6 Å². The maximum atomic E-state index is 12.6. The molecule has 2 amide bonds.